The van der Waals surface area contributed by atoms with Crippen molar-refractivity contribution < 1.29 is 27.9 Å². The molecule has 0 saturated carbocycles. The van der Waals surface area contributed by atoms with Crippen LogP contribution < -0.4 is 4.74 Å². The van der Waals surface area contributed by atoms with Crippen molar-refractivity contribution in [3.8, 4) is 5.75 Å². The zero-order chi connectivity index (χ0) is 19.2. The number of likely N-dealkylation sites (tertiary alicyclic amines) is 1. The van der Waals surface area contributed by atoms with Crippen molar-refractivity contribution in [1.82, 2.24) is 4.90 Å². The van der Waals surface area contributed by atoms with Crippen molar-refractivity contribution in [2.24, 2.45) is 0 Å². The highest BCUT2D eigenvalue weighted by Gasteiger charge is 2.31. The molecule has 1 amide bonds. The zero-order valence-electron chi connectivity index (χ0n) is 14.9. The fourth-order valence-corrected chi connectivity index (χ4v) is 3.61. The summed E-state index contributed by atoms with van der Waals surface area (Å²) in [7, 11) is -3.22. The van der Waals surface area contributed by atoms with E-state index in [1.165, 1.54) is 17.0 Å². The third kappa shape index (κ3) is 5.72. The van der Waals surface area contributed by atoms with Gasteiger partial charge in [0.25, 0.3) is 0 Å². The molecule has 0 radical (unpaired) electrons. The van der Waals surface area contributed by atoms with E-state index < -0.39 is 21.8 Å². The van der Waals surface area contributed by atoms with Gasteiger partial charge in [-0.15, -0.1) is 0 Å². The van der Waals surface area contributed by atoms with Crippen LogP contribution in [0.25, 0.3) is 0 Å². The molecule has 1 atom stereocenters. The molecule has 26 heavy (non-hydrogen) atoms. The van der Waals surface area contributed by atoms with Crippen molar-refractivity contribution in [3.63, 3.8) is 0 Å². The zero-order valence-corrected chi connectivity index (χ0v) is 15.7. The lowest BCUT2D eigenvalue weighted by atomic mass is 10.0. The van der Waals surface area contributed by atoms with Crippen LogP contribution >= 0.6 is 0 Å². The summed E-state index contributed by atoms with van der Waals surface area (Å²) < 4.78 is 28.3. The number of carbonyl (C=O) groups excluding carboxylic acids is 1. The summed E-state index contributed by atoms with van der Waals surface area (Å²) in [5.74, 6) is -0.473. The van der Waals surface area contributed by atoms with Crippen molar-refractivity contribution >= 4 is 21.7 Å². The van der Waals surface area contributed by atoms with E-state index in [1.54, 1.807) is 12.1 Å². The molecule has 1 N–H and O–H groups in total. The monoisotopic (exact) mass is 383 g/mol. The highest BCUT2D eigenvalue weighted by molar-refractivity contribution is 7.90. The molecule has 0 aromatic heterocycles. The molecule has 1 saturated heterocycles. The van der Waals surface area contributed by atoms with Crippen LogP contribution in [0.4, 0.5) is 0 Å². The van der Waals surface area contributed by atoms with E-state index in [0.717, 1.165) is 19.1 Å². The Morgan fingerprint density at radius 1 is 1.19 bits per heavy atom. The Morgan fingerprint density at radius 2 is 1.88 bits per heavy atom. The molecular formula is C18H25NO6S. The molecule has 8 heteroatoms. The Bertz CT molecular complexity index is 729. The molecule has 1 heterocycles. The first kappa shape index (κ1) is 20.2. The van der Waals surface area contributed by atoms with Crippen LogP contribution in [-0.2, 0) is 19.4 Å². The van der Waals surface area contributed by atoms with Gasteiger partial charge in [-0.1, -0.05) is 0 Å². The quantitative estimate of drug-likeness (QED) is 0.690. The van der Waals surface area contributed by atoms with Gasteiger partial charge in [0.15, 0.2) is 9.84 Å². The minimum atomic E-state index is -3.22. The molecule has 1 aromatic rings. The summed E-state index contributed by atoms with van der Waals surface area (Å²) in [6, 6.07) is 5.51. The maximum atomic E-state index is 12.2. The fourth-order valence-electron chi connectivity index (χ4n) is 2.98. The smallest absolute Gasteiger partial charge is 0.326 e. The molecule has 144 valence electrons. The molecule has 1 fully saturated rings. The number of unbranched alkanes of at least 4 members (excludes halogenated alkanes) is 1. The molecular weight excluding hydrogens is 358 g/mol. The van der Waals surface area contributed by atoms with E-state index in [1.807, 2.05) is 0 Å². The highest BCUT2D eigenvalue weighted by Crippen LogP contribution is 2.19. The minimum Gasteiger partial charge on any atom is -0.494 e. The van der Waals surface area contributed by atoms with Gasteiger partial charge in [0.2, 0.25) is 5.91 Å². The van der Waals surface area contributed by atoms with Crippen LogP contribution in [-0.4, -0.2) is 55.7 Å². The van der Waals surface area contributed by atoms with Gasteiger partial charge in [0, 0.05) is 19.2 Å². The highest BCUT2D eigenvalue weighted by atomic mass is 32.2. The topological polar surface area (TPSA) is 101 Å². The molecule has 1 aromatic carbocycles. The number of benzene rings is 1. The number of sulfone groups is 1. The van der Waals surface area contributed by atoms with Crippen molar-refractivity contribution in [3.05, 3.63) is 24.3 Å². The summed E-state index contributed by atoms with van der Waals surface area (Å²) in [4.78, 5) is 25.2. The molecule has 1 aliphatic rings. The van der Waals surface area contributed by atoms with E-state index in [-0.39, 0.29) is 10.8 Å². The standard InChI is InChI=1S/C18H25NO6S/c1-26(23,24)15-10-8-14(9-11-15)25-13-5-3-7-17(20)19-12-4-2-6-16(19)18(21)22/h8-11,16H,2-7,12-13H2,1H3,(H,21,22). The summed E-state index contributed by atoms with van der Waals surface area (Å²) >= 11 is 0. The minimum absolute atomic E-state index is 0.116. The van der Waals surface area contributed by atoms with Gasteiger partial charge in [0.1, 0.15) is 11.8 Å². The molecule has 1 aliphatic heterocycles. The lowest BCUT2D eigenvalue weighted by Crippen LogP contribution is -2.47. The van der Waals surface area contributed by atoms with Gasteiger partial charge in [-0.25, -0.2) is 13.2 Å². The summed E-state index contributed by atoms with van der Waals surface area (Å²) in [6.07, 6.45) is 4.94. The van der Waals surface area contributed by atoms with Gasteiger partial charge in [-0.3, -0.25) is 4.79 Å². The number of carboxylic acids is 1. The summed E-state index contributed by atoms with van der Waals surface area (Å²) in [5, 5.41) is 9.21. The second-order valence-corrected chi connectivity index (χ2v) is 8.50. The largest absolute Gasteiger partial charge is 0.494 e. The number of hydrogen-bond acceptors (Lipinski definition) is 5. The van der Waals surface area contributed by atoms with E-state index in [0.29, 0.717) is 44.6 Å². The number of carbonyl (C=O) groups is 2. The number of carboxylic acid groups (broad SMARTS) is 1. The van der Waals surface area contributed by atoms with Crippen molar-refractivity contribution in [2.75, 3.05) is 19.4 Å². The maximum Gasteiger partial charge on any atom is 0.326 e. The van der Waals surface area contributed by atoms with Crippen molar-refractivity contribution in [1.29, 1.82) is 0 Å². The SMILES string of the molecule is CS(=O)(=O)c1ccc(OCCCCC(=O)N2CCCCC2C(=O)O)cc1. The lowest BCUT2D eigenvalue weighted by molar-refractivity contribution is -0.152. The first-order valence-electron chi connectivity index (χ1n) is 8.74. The van der Waals surface area contributed by atoms with Gasteiger partial charge >= 0.3 is 5.97 Å². The van der Waals surface area contributed by atoms with Gasteiger partial charge in [-0.05, 0) is 56.4 Å². The second-order valence-electron chi connectivity index (χ2n) is 6.49. The third-order valence-corrected chi connectivity index (χ3v) is 5.54. The average Bonchev–Trinajstić information content (AvgIpc) is 2.61. The molecule has 0 aliphatic carbocycles. The Morgan fingerprint density at radius 3 is 2.50 bits per heavy atom. The van der Waals surface area contributed by atoms with E-state index in [4.69, 9.17) is 4.74 Å². The predicted octanol–water partition coefficient (Wildman–Crippen LogP) is 2.10. The normalized spacial score (nSPS) is 17.7. The number of rotatable bonds is 8. The molecule has 2 rings (SSSR count). The molecule has 0 bridgehead atoms. The Kier molecular flexibility index (Phi) is 7.02. The second kappa shape index (κ2) is 9.02. The fraction of sp³-hybridized carbons (Fsp3) is 0.556. The van der Waals surface area contributed by atoms with Crippen LogP contribution in [0.3, 0.4) is 0 Å². The third-order valence-electron chi connectivity index (χ3n) is 4.41. The number of piperidine rings is 1. The van der Waals surface area contributed by atoms with Crippen molar-refractivity contribution in [2.45, 2.75) is 49.5 Å². The summed E-state index contributed by atoms with van der Waals surface area (Å²) in [5.41, 5.74) is 0. The number of hydrogen-bond donors (Lipinski definition) is 1. The number of aliphatic carboxylic acids is 1. The van der Waals surface area contributed by atoms with Crippen LogP contribution in [0.2, 0.25) is 0 Å². The van der Waals surface area contributed by atoms with Gasteiger partial charge in [0.05, 0.1) is 11.5 Å². The molecule has 7 nitrogen and oxygen atoms in total. The van der Waals surface area contributed by atoms with Gasteiger partial charge < -0.3 is 14.7 Å². The Labute approximate surface area is 153 Å². The number of nitrogens with zero attached hydrogens (tertiary/aromatic N) is 1. The number of ether oxygens (including phenoxy) is 1. The van der Waals surface area contributed by atoms with Crippen LogP contribution in [0, 0.1) is 0 Å². The summed E-state index contributed by atoms with van der Waals surface area (Å²) in [6.45, 7) is 0.923. The number of amides is 1. The van der Waals surface area contributed by atoms with Crippen LogP contribution in [0.1, 0.15) is 38.5 Å². The van der Waals surface area contributed by atoms with E-state index in [9.17, 15) is 23.1 Å². The maximum absolute atomic E-state index is 12.2. The Balaban J connectivity index is 1.71. The molecule has 1 unspecified atom stereocenters. The predicted molar refractivity (Wildman–Crippen MR) is 95.9 cm³/mol. The first-order chi connectivity index (χ1) is 12.3. The molecule has 0 spiro atoms. The van der Waals surface area contributed by atoms with E-state index in [2.05, 4.69) is 0 Å². The lowest BCUT2D eigenvalue weighted by Gasteiger charge is -2.33. The van der Waals surface area contributed by atoms with Crippen LogP contribution in [0.15, 0.2) is 29.2 Å². The first-order valence-corrected chi connectivity index (χ1v) is 10.6. The Hall–Kier alpha value is -2.09. The van der Waals surface area contributed by atoms with Crippen LogP contribution in [0.5, 0.6) is 5.75 Å². The average molecular weight is 383 g/mol. The van der Waals surface area contributed by atoms with E-state index >= 15 is 0 Å². The van der Waals surface area contributed by atoms with Gasteiger partial charge in [-0.2, -0.15) is 0 Å².